The van der Waals surface area contributed by atoms with Crippen molar-refractivity contribution in [1.82, 2.24) is 5.32 Å². The molecule has 0 radical (unpaired) electrons. The molecule has 1 amide bonds. The lowest BCUT2D eigenvalue weighted by Gasteiger charge is -2.22. The molecule has 4 N–H and O–H groups in total. The topological polar surface area (TPSA) is 101 Å². The van der Waals surface area contributed by atoms with Crippen LogP contribution in [0.15, 0.2) is 29.2 Å². The van der Waals surface area contributed by atoms with Crippen LogP contribution >= 0.6 is 0 Å². The molecule has 1 heterocycles. The number of amides is 1. The van der Waals surface area contributed by atoms with Gasteiger partial charge in [0.05, 0.1) is 11.6 Å². The highest BCUT2D eigenvalue weighted by molar-refractivity contribution is 7.89. The Kier molecular flexibility index (Phi) is 4.18. The largest absolute Gasteiger partial charge is 0.325 e. The van der Waals surface area contributed by atoms with E-state index in [1.807, 2.05) is 0 Å². The Balaban J connectivity index is 2.17. The van der Waals surface area contributed by atoms with Crippen LogP contribution in [-0.4, -0.2) is 27.4 Å². The van der Waals surface area contributed by atoms with Gasteiger partial charge in [-0.25, -0.2) is 13.6 Å². The third-order valence-corrected chi connectivity index (χ3v) is 4.09. The zero-order valence-electron chi connectivity index (χ0n) is 10.4. The predicted molar refractivity (Wildman–Crippen MR) is 72.0 cm³/mol. The average Bonchev–Trinajstić information content (AvgIpc) is 2.39. The number of piperidine rings is 1. The maximum Gasteiger partial charge on any atom is 0.240 e. The van der Waals surface area contributed by atoms with Crippen molar-refractivity contribution in [3.63, 3.8) is 0 Å². The van der Waals surface area contributed by atoms with Crippen molar-refractivity contribution < 1.29 is 13.2 Å². The number of para-hydroxylation sites is 1. The molecule has 1 aliphatic rings. The first-order chi connectivity index (χ1) is 8.98. The number of hydrogen-bond donors (Lipinski definition) is 3. The number of nitrogens with one attached hydrogen (secondary N) is 2. The van der Waals surface area contributed by atoms with E-state index in [1.54, 1.807) is 12.1 Å². The number of carbonyl (C=O) groups excluding carboxylic acids is 1. The second-order valence-corrected chi connectivity index (χ2v) is 6.10. The fraction of sp³-hybridized carbons (Fsp3) is 0.417. The predicted octanol–water partition coefficient (Wildman–Crippen LogP) is 0.272. The van der Waals surface area contributed by atoms with Crippen LogP contribution in [0.1, 0.15) is 12.8 Å². The molecule has 19 heavy (non-hydrogen) atoms. The number of benzene rings is 1. The first-order valence-electron chi connectivity index (χ1n) is 6.12. The molecule has 0 aliphatic carbocycles. The van der Waals surface area contributed by atoms with Crippen LogP contribution in [0.2, 0.25) is 0 Å². The first kappa shape index (κ1) is 14.0. The van der Waals surface area contributed by atoms with Crippen LogP contribution in [-0.2, 0) is 14.8 Å². The lowest BCUT2D eigenvalue weighted by molar-refractivity contribution is -0.120. The first-order valence-corrected chi connectivity index (χ1v) is 7.66. The van der Waals surface area contributed by atoms with Gasteiger partial charge in [0.2, 0.25) is 15.9 Å². The minimum Gasteiger partial charge on any atom is -0.325 e. The van der Waals surface area contributed by atoms with Gasteiger partial charge < -0.3 is 10.6 Å². The third kappa shape index (κ3) is 3.52. The minimum absolute atomic E-state index is 0.0629. The minimum atomic E-state index is -3.84. The lowest BCUT2D eigenvalue weighted by Crippen LogP contribution is -2.37. The molecule has 1 aromatic carbocycles. The van der Waals surface area contributed by atoms with Gasteiger partial charge in [-0.1, -0.05) is 12.1 Å². The maximum absolute atomic E-state index is 12.1. The van der Waals surface area contributed by atoms with E-state index in [4.69, 9.17) is 5.14 Å². The molecule has 0 spiro atoms. The molecular weight excluding hydrogens is 266 g/mol. The van der Waals surface area contributed by atoms with Crippen LogP contribution in [0, 0.1) is 5.92 Å². The summed E-state index contributed by atoms with van der Waals surface area (Å²) < 4.78 is 22.9. The average molecular weight is 283 g/mol. The molecule has 1 aromatic rings. The van der Waals surface area contributed by atoms with Gasteiger partial charge in [-0.3, -0.25) is 4.79 Å². The molecule has 0 unspecified atom stereocenters. The van der Waals surface area contributed by atoms with Crippen molar-refractivity contribution in [2.45, 2.75) is 17.7 Å². The Bertz CT molecular complexity index is 565. The van der Waals surface area contributed by atoms with Gasteiger partial charge in [0.15, 0.2) is 0 Å². The van der Waals surface area contributed by atoms with Crippen molar-refractivity contribution in [2.24, 2.45) is 11.1 Å². The molecule has 1 saturated heterocycles. The van der Waals surface area contributed by atoms with E-state index >= 15 is 0 Å². The van der Waals surface area contributed by atoms with Crippen LogP contribution in [0.4, 0.5) is 5.69 Å². The van der Waals surface area contributed by atoms with Crippen molar-refractivity contribution >= 4 is 21.6 Å². The van der Waals surface area contributed by atoms with Crippen LogP contribution in [0.3, 0.4) is 0 Å². The maximum atomic E-state index is 12.1. The Morgan fingerprint density at radius 3 is 2.74 bits per heavy atom. The smallest absolute Gasteiger partial charge is 0.240 e. The van der Waals surface area contributed by atoms with E-state index in [2.05, 4.69) is 10.6 Å². The second kappa shape index (κ2) is 5.68. The number of rotatable bonds is 3. The molecule has 6 nitrogen and oxygen atoms in total. The van der Waals surface area contributed by atoms with Crippen molar-refractivity contribution in [1.29, 1.82) is 0 Å². The number of nitrogens with two attached hydrogens (primary N) is 1. The Morgan fingerprint density at radius 1 is 1.37 bits per heavy atom. The van der Waals surface area contributed by atoms with E-state index < -0.39 is 10.0 Å². The van der Waals surface area contributed by atoms with E-state index in [-0.39, 0.29) is 22.4 Å². The summed E-state index contributed by atoms with van der Waals surface area (Å²) in [5.41, 5.74) is 0.237. The number of carbonyl (C=O) groups is 1. The molecule has 0 aromatic heterocycles. The number of hydrogen-bond acceptors (Lipinski definition) is 4. The monoisotopic (exact) mass is 283 g/mol. The fourth-order valence-corrected chi connectivity index (χ4v) is 2.82. The van der Waals surface area contributed by atoms with Gasteiger partial charge in [-0.15, -0.1) is 0 Å². The summed E-state index contributed by atoms with van der Waals surface area (Å²) in [7, 11) is -3.84. The summed E-state index contributed by atoms with van der Waals surface area (Å²) in [5, 5.41) is 10.9. The zero-order valence-corrected chi connectivity index (χ0v) is 11.2. The zero-order chi connectivity index (χ0) is 13.9. The van der Waals surface area contributed by atoms with Crippen LogP contribution in [0.5, 0.6) is 0 Å². The van der Waals surface area contributed by atoms with Crippen molar-refractivity contribution in [3.05, 3.63) is 24.3 Å². The molecule has 0 saturated carbocycles. The number of sulfonamides is 1. The lowest BCUT2D eigenvalue weighted by atomic mass is 9.99. The normalized spacial score (nSPS) is 19.9. The van der Waals surface area contributed by atoms with Crippen LogP contribution in [0.25, 0.3) is 0 Å². The van der Waals surface area contributed by atoms with Gasteiger partial charge in [0.1, 0.15) is 4.90 Å². The molecule has 7 heteroatoms. The molecular formula is C12H17N3O3S. The number of anilines is 1. The van der Waals surface area contributed by atoms with E-state index in [9.17, 15) is 13.2 Å². The van der Waals surface area contributed by atoms with Crippen molar-refractivity contribution in [3.8, 4) is 0 Å². The summed E-state index contributed by atoms with van der Waals surface area (Å²) >= 11 is 0. The Morgan fingerprint density at radius 2 is 2.11 bits per heavy atom. The molecule has 1 aliphatic heterocycles. The quantitative estimate of drug-likeness (QED) is 0.741. The summed E-state index contributed by atoms with van der Waals surface area (Å²) in [5.74, 6) is -0.314. The standard InChI is InChI=1S/C12H17N3O3S/c13-19(17,18)11-6-2-1-5-10(11)15-12(16)9-4-3-7-14-8-9/h1-2,5-6,9,14H,3-4,7-8H2,(H,15,16)(H2,13,17,18)/t9-/m0/s1. The highest BCUT2D eigenvalue weighted by atomic mass is 32.2. The fourth-order valence-electron chi connectivity index (χ4n) is 2.13. The molecule has 1 atom stereocenters. The molecule has 2 rings (SSSR count). The highest BCUT2D eigenvalue weighted by Crippen LogP contribution is 2.21. The summed E-state index contributed by atoms with van der Waals surface area (Å²) in [4.78, 5) is 12.0. The third-order valence-electron chi connectivity index (χ3n) is 3.12. The van der Waals surface area contributed by atoms with Crippen LogP contribution < -0.4 is 15.8 Å². The highest BCUT2D eigenvalue weighted by Gasteiger charge is 2.22. The van der Waals surface area contributed by atoms with Gasteiger partial charge >= 0.3 is 0 Å². The molecule has 104 valence electrons. The van der Waals surface area contributed by atoms with E-state index in [0.29, 0.717) is 6.54 Å². The van der Waals surface area contributed by atoms with Gasteiger partial charge in [-0.05, 0) is 31.5 Å². The van der Waals surface area contributed by atoms with E-state index in [1.165, 1.54) is 12.1 Å². The van der Waals surface area contributed by atoms with Crippen molar-refractivity contribution in [2.75, 3.05) is 18.4 Å². The number of primary sulfonamides is 1. The summed E-state index contributed by atoms with van der Waals surface area (Å²) in [6.07, 6.45) is 1.74. The SMILES string of the molecule is NS(=O)(=O)c1ccccc1NC(=O)[C@H]1CCCNC1. The van der Waals surface area contributed by atoms with Gasteiger partial charge in [0.25, 0.3) is 0 Å². The summed E-state index contributed by atoms with van der Waals surface area (Å²) in [6.45, 7) is 1.53. The molecule has 0 bridgehead atoms. The summed E-state index contributed by atoms with van der Waals surface area (Å²) in [6, 6.07) is 6.14. The van der Waals surface area contributed by atoms with E-state index in [0.717, 1.165) is 19.4 Å². The second-order valence-electron chi connectivity index (χ2n) is 4.57. The van der Waals surface area contributed by atoms with Gasteiger partial charge in [0, 0.05) is 6.54 Å². The molecule has 1 fully saturated rings. The van der Waals surface area contributed by atoms with Gasteiger partial charge in [-0.2, -0.15) is 0 Å². The Labute approximate surface area is 112 Å². The Hall–Kier alpha value is -1.44.